The molecule has 0 atom stereocenters. The molecule has 0 N–H and O–H groups in total. The summed E-state index contributed by atoms with van der Waals surface area (Å²) in [6, 6.07) is 3.76. The highest BCUT2D eigenvalue weighted by atomic mass is 32.2. The summed E-state index contributed by atoms with van der Waals surface area (Å²) in [6.07, 6.45) is 3.42. The Kier molecular flexibility index (Phi) is 6.36. The van der Waals surface area contributed by atoms with Crippen molar-refractivity contribution >= 4 is 46.7 Å². The normalized spacial score (nSPS) is 16.3. The van der Waals surface area contributed by atoms with Gasteiger partial charge in [-0.3, -0.25) is 14.5 Å². The van der Waals surface area contributed by atoms with Crippen LogP contribution in [0.4, 0.5) is 5.69 Å². The van der Waals surface area contributed by atoms with Gasteiger partial charge in [0, 0.05) is 11.4 Å². The molecule has 1 aromatic heterocycles. The van der Waals surface area contributed by atoms with Gasteiger partial charge in [-0.25, -0.2) is 4.98 Å². The fourth-order valence-electron chi connectivity index (χ4n) is 2.83. The molecular formula is C19H24N4O3S2. The van der Waals surface area contributed by atoms with Gasteiger partial charge in [0.15, 0.2) is 10.8 Å². The molecule has 1 fully saturated rings. The third-order valence-corrected chi connectivity index (χ3v) is 5.36. The first-order chi connectivity index (χ1) is 12.9. The number of carbonyl (C=O) groups excluding carboxylic acids is 2. The van der Waals surface area contributed by atoms with Crippen LogP contribution < -0.4 is 4.90 Å². The number of anilines is 1. The number of thioether (sulfide) groups is 1. The van der Waals surface area contributed by atoms with Crippen LogP contribution in [0.5, 0.6) is 0 Å². The van der Waals surface area contributed by atoms with Crippen molar-refractivity contribution < 1.29 is 14.3 Å². The van der Waals surface area contributed by atoms with Gasteiger partial charge in [0.05, 0.1) is 18.3 Å². The van der Waals surface area contributed by atoms with Gasteiger partial charge in [-0.15, -0.1) is 11.8 Å². The van der Waals surface area contributed by atoms with Crippen LogP contribution in [0.3, 0.4) is 0 Å². The van der Waals surface area contributed by atoms with E-state index in [1.165, 1.54) is 22.9 Å². The van der Waals surface area contributed by atoms with Gasteiger partial charge in [0.25, 0.3) is 5.91 Å². The van der Waals surface area contributed by atoms with E-state index in [0.29, 0.717) is 21.4 Å². The van der Waals surface area contributed by atoms with E-state index in [1.807, 2.05) is 33.1 Å². The Morgan fingerprint density at radius 3 is 2.61 bits per heavy atom. The van der Waals surface area contributed by atoms with Crippen LogP contribution in [0.1, 0.15) is 46.7 Å². The molecule has 2 heterocycles. The van der Waals surface area contributed by atoms with E-state index in [9.17, 15) is 9.59 Å². The highest BCUT2D eigenvalue weighted by Crippen LogP contribution is 2.34. The molecule has 7 nitrogen and oxygen atoms in total. The first-order valence-electron chi connectivity index (χ1n) is 8.74. The van der Waals surface area contributed by atoms with Gasteiger partial charge < -0.3 is 9.64 Å². The van der Waals surface area contributed by atoms with Crippen LogP contribution in [-0.2, 0) is 14.3 Å². The molecule has 28 heavy (non-hydrogen) atoms. The smallest absolute Gasteiger partial charge is 0.308 e. The molecule has 0 spiro atoms. The summed E-state index contributed by atoms with van der Waals surface area (Å²) in [5.41, 5.74) is -0.671. The van der Waals surface area contributed by atoms with Crippen LogP contribution in [0, 0.1) is 11.3 Å². The maximum Gasteiger partial charge on any atom is 0.308 e. The molecule has 0 aromatic carbocycles. The predicted molar refractivity (Wildman–Crippen MR) is 112 cm³/mol. The van der Waals surface area contributed by atoms with E-state index in [2.05, 4.69) is 4.98 Å². The molecule has 0 unspecified atom stereocenters. The quantitative estimate of drug-likeness (QED) is 0.408. The minimum absolute atomic E-state index is 0.115. The Hall–Kier alpha value is -2.18. The highest BCUT2D eigenvalue weighted by Gasteiger charge is 2.49. The standard InChI is InChI=1S/C19H24N4O3S2/c1-18(2,3)26-15(24)7-8-22-17(27)23(16(25)19(22,4)5)12-9-14(28-6)13(10-20)21-11-12/h9,11H,7-8H2,1-6H3. The number of carbonyl (C=O) groups is 2. The second-order valence-electron chi connectivity index (χ2n) is 7.83. The molecule has 0 bridgehead atoms. The van der Waals surface area contributed by atoms with Crippen molar-refractivity contribution in [2.24, 2.45) is 0 Å². The molecule has 0 radical (unpaired) electrons. The van der Waals surface area contributed by atoms with E-state index in [1.54, 1.807) is 24.8 Å². The van der Waals surface area contributed by atoms with Crippen molar-refractivity contribution in [3.05, 3.63) is 18.0 Å². The number of hydrogen-bond acceptors (Lipinski definition) is 7. The van der Waals surface area contributed by atoms with Gasteiger partial charge in [-0.1, -0.05) is 0 Å². The molecule has 2 rings (SSSR count). The molecule has 1 saturated heterocycles. The molecule has 1 aliphatic heterocycles. The first kappa shape index (κ1) is 22.1. The number of hydrogen-bond donors (Lipinski definition) is 0. The largest absolute Gasteiger partial charge is 0.460 e. The van der Waals surface area contributed by atoms with Crippen LogP contribution in [0.25, 0.3) is 0 Å². The lowest BCUT2D eigenvalue weighted by Crippen LogP contribution is -2.45. The number of aromatic nitrogens is 1. The summed E-state index contributed by atoms with van der Waals surface area (Å²) in [7, 11) is 0. The fourth-order valence-corrected chi connectivity index (χ4v) is 3.87. The van der Waals surface area contributed by atoms with Crippen molar-refractivity contribution in [2.75, 3.05) is 17.7 Å². The Balaban J connectivity index is 2.26. The van der Waals surface area contributed by atoms with Gasteiger partial charge in [0.2, 0.25) is 0 Å². The molecule has 1 amide bonds. The number of esters is 1. The average Bonchev–Trinajstić information content (AvgIpc) is 2.76. The van der Waals surface area contributed by atoms with Crippen LogP contribution in [0.2, 0.25) is 0 Å². The number of ether oxygens (including phenoxy) is 1. The van der Waals surface area contributed by atoms with Gasteiger partial charge in [-0.2, -0.15) is 5.26 Å². The lowest BCUT2D eigenvalue weighted by atomic mass is 10.0. The Morgan fingerprint density at radius 2 is 2.07 bits per heavy atom. The summed E-state index contributed by atoms with van der Waals surface area (Å²) in [5, 5.41) is 9.46. The number of nitriles is 1. The lowest BCUT2D eigenvalue weighted by molar-refractivity contribution is -0.155. The fraction of sp³-hybridized carbons (Fsp3) is 0.526. The Labute approximate surface area is 175 Å². The molecule has 0 aliphatic carbocycles. The van der Waals surface area contributed by atoms with E-state index < -0.39 is 11.1 Å². The summed E-state index contributed by atoms with van der Waals surface area (Å²) in [4.78, 5) is 33.1. The molecule has 0 saturated carbocycles. The van der Waals surface area contributed by atoms with Crippen LogP contribution in [-0.4, -0.2) is 50.8 Å². The topological polar surface area (TPSA) is 86.5 Å². The number of rotatable bonds is 5. The minimum atomic E-state index is -0.910. The molecule has 1 aliphatic rings. The maximum atomic E-state index is 13.1. The van der Waals surface area contributed by atoms with Crippen molar-refractivity contribution in [1.82, 2.24) is 9.88 Å². The maximum absolute atomic E-state index is 13.1. The monoisotopic (exact) mass is 420 g/mol. The second-order valence-corrected chi connectivity index (χ2v) is 9.04. The van der Waals surface area contributed by atoms with Gasteiger partial charge in [-0.05, 0) is 59.2 Å². The van der Waals surface area contributed by atoms with Crippen molar-refractivity contribution in [3.8, 4) is 6.07 Å². The predicted octanol–water partition coefficient (Wildman–Crippen LogP) is 3.12. The molecular weight excluding hydrogens is 396 g/mol. The number of amides is 1. The van der Waals surface area contributed by atoms with Crippen LogP contribution >= 0.6 is 24.0 Å². The zero-order valence-electron chi connectivity index (χ0n) is 16.9. The Morgan fingerprint density at radius 1 is 1.43 bits per heavy atom. The molecule has 9 heteroatoms. The number of pyridine rings is 1. The second kappa shape index (κ2) is 8.05. The number of nitrogens with zero attached hydrogens (tertiary/aromatic N) is 4. The first-order valence-corrected chi connectivity index (χ1v) is 10.4. The average molecular weight is 421 g/mol. The SMILES string of the molecule is CSc1cc(N2C(=O)C(C)(C)N(CCC(=O)OC(C)(C)C)C2=S)cnc1C#N. The number of thiocarbonyl (C=S) groups is 1. The third-order valence-electron chi connectivity index (χ3n) is 4.21. The zero-order chi connectivity index (χ0) is 21.3. The van der Waals surface area contributed by atoms with Crippen molar-refractivity contribution in [1.29, 1.82) is 5.26 Å². The summed E-state index contributed by atoms with van der Waals surface area (Å²) < 4.78 is 5.34. The summed E-state index contributed by atoms with van der Waals surface area (Å²) in [6.45, 7) is 9.22. The van der Waals surface area contributed by atoms with E-state index in [0.717, 1.165) is 0 Å². The van der Waals surface area contributed by atoms with Crippen LogP contribution in [0.15, 0.2) is 17.2 Å². The minimum Gasteiger partial charge on any atom is -0.460 e. The van der Waals surface area contributed by atoms with Crippen molar-refractivity contribution in [3.63, 3.8) is 0 Å². The van der Waals surface area contributed by atoms with E-state index in [-0.39, 0.29) is 24.8 Å². The highest BCUT2D eigenvalue weighted by molar-refractivity contribution is 7.98. The van der Waals surface area contributed by atoms with E-state index in [4.69, 9.17) is 22.2 Å². The van der Waals surface area contributed by atoms with Gasteiger partial charge in [0.1, 0.15) is 17.2 Å². The lowest BCUT2D eigenvalue weighted by Gasteiger charge is -2.29. The summed E-state index contributed by atoms with van der Waals surface area (Å²) >= 11 is 6.93. The Bertz CT molecular complexity index is 856. The molecule has 1 aromatic rings. The zero-order valence-corrected chi connectivity index (χ0v) is 18.5. The molecule has 150 valence electrons. The van der Waals surface area contributed by atoms with E-state index >= 15 is 0 Å². The summed E-state index contributed by atoms with van der Waals surface area (Å²) in [5.74, 6) is -0.554. The van der Waals surface area contributed by atoms with Crippen molar-refractivity contribution in [2.45, 2.75) is 57.1 Å². The van der Waals surface area contributed by atoms with Gasteiger partial charge >= 0.3 is 5.97 Å². The third kappa shape index (κ3) is 4.45.